The van der Waals surface area contributed by atoms with E-state index < -0.39 is 11.6 Å². The van der Waals surface area contributed by atoms with Crippen molar-refractivity contribution in [1.29, 1.82) is 0 Å². The summed E-state index contributed by atoms with van der Waals surface area (Å²) in [5.41, 5.74) is 0.331. The highest BCUT2D eigenvalue weighted by Gasteiger charge is 2.21. The Balaban J connectivity index is 0.00000392. The number of halogens is 3. The van der Waals surface area contributed by atoms with Crippen molar-refractivity contribution in [2.75, 3.05) is 39.8 Å². The fourth-order valence-electron chi connectivity index (χ4n) is 3.06. The van der Waals surface area contributed by atoms with Crippen molar-refractivity contribution < 1.29 is 13.6 Å². The van der Waals surface area contributed by atoms with Crippen molar-refractivity contribution in [3.05, 3.63) is 35.4 Å². The van der Waals surface area contributed by atoms with Gasteiger partial charge >= 0.3 is 0 Å². The smallest absolute Gasteiger partial charge is 0.233 e. The number of benzene rings is 1. The van der Waals surface area contributed by atoms with E-state index in [4.69, 9.17) is 0 Å². The van der Waals surface area contributed by atoms with E-state index >= 15 is 0 Å². The lowest BCUT2D eigenvalue weighted by Crippen LogP contribution is -2.50. The molecule has 6 nitrogen and oxygen atoms in total. The van der Waals surface area contributed by atoms with Crippen molar-refractivity contribution >= 4 is 35.8 Å². The number of rotatable bonds is 7. The first-order valence-corrected chi connectivity index (χ1v) is 9.44. The summed E-state index contributed by atoms with van der Waals surface area (Å²) < 4.78 is 27.0. The number of hydrogen-bond donors (Lipinski definition) is 3. The second-order valence-corrected chi connectivity index (χ2v) is 6.59. The van der Waals surface area contributed by atoms with Crippen LogP contribution in [0.4, 0.5) is 8.78 Å². The van der Waals surface area contributed by atoms with E-state index in [1.165, 1.54) is 6.07 Å². The molecule has 0 unspecified atom stereocenters. The second-order valence-electron chi connectivity index (χ2n) is 6.59. The molecule has 0 bridgehead atoms. The van der Waals surface area contributed by atoms with E-state index in [2.05, 4.69) is 25.8 Å². The monoisotopic (exact) mass is 509 g/mol. The van der Waals surface area contributed by atoms with Crippen molar-refractivity contribution in [3.8, 4) is 0 Å². The third-order valence-corrected chi connectivity index (χ3v) is 4.60. The Morgan fingerprint density at radius 3 is 2.64 bits per heavy atom. The predicted octanol–water partition coefficient (Wildman–Crippen LogP) is 1.89. The van der Waals surface area contributed by atoms with Crippen LogP contribution in [-0.4, -0.2) is 62.6 Å². The Bertz CT molecular complexity index is 651. The minimum absolute atomic E-state index is 0. The summed E-state index contributed by atoms with van der Waals surface area (Å²) in [6.45, 7) is 5.19. The van der Waals surface area contributed by atoms with Gasteiger partial charge in [-0.3, -0.25) is 14.7 Å². The number of nitrogens with zero attached hydrogens (tertiary/aromatic N) is 2. The molecule has 28 heavy (non-hydrogen) atoms. The molecule has 158 valence electrons. The van der Waals surface area contributed by atoms with Crippen molar-refractivity contribution in [2.24, 2.45) is 4.99 Å². The van der Waals surface area contributed by atoms with Gasteiger partial charge in [0.05, 0.1) is 6.54 Å². The fourth-order valence-corrected chi connectivity index (χ4v) is 3.06. The van der Waals surface area contributed by atoms with E-state index in [9.17, 15) is 13.6 Å². The average molecular weight is 509 g/mol. The molecule has 0 radical (unpaired) electrons. The maximum absolute atomic E-state index is 13.7. The van der Waals surface area contributed by atoms with Gasteiger partial charge in [0.15, 0.2) is 17.6 Å². The predicted molar refractivity (Wildman–Crippen MR) is 118 cm³/mol. The zero-order chi connectivity index (χ0) is 19.6. The molecule has 1 fully saturated rings. The van der Waals surface area contributed by atoms with Gasteiger partial charge < -0.3 is 16.0 Å². The molecular formula is C19H30F2IN5O. The quantitative estimate of drug-likeness (QED) is 0.299. The average Bonchev–Trinajstić information content (AvgIpc) is 2.66. The molecule has 3 N–H and O–H groups in total. The first kappa shape index (κ1) is 24.5. The number of piperidine rings is 1. The molecule has 9 heteroatoms. The SMILES string of the molecule is CCNC(=NCCc1cccc(F)c1F)NC1CCN(CC(=O)NC)CC1.I. The zero-order valence-corrected chi connectivity index (χ0v) is 18.8. The van der Waals surface area contributed by atoms with Gasteiger partial charge in [-0.15, -0.1) is 24.0 Å². The number of carbonyl (C=O) groups is 1. The Kier molecular flexibility index (Phi) is 11.3. The highest BCUT2D eigenvalue weighted by Crippen LogP contribution is 2.12. The van der Waals surface area contributed by atoms with E-state index in [1.54, 1.807) is 13.1 Å². The van der Waals surface area contributed by atoms with E-state index in [1.807, 2.05) is 6.92 Å². The van der Waals surface area contributed by atoms with Crippen molar-refractivity contribution in [3.63, 3.8) is 0 Å². The lowest BCUT2D eigenvalue weighted by Gasteiger charge is -2.32. The Morgan fingerprint density at radius 2 is 2.00 bits per heavy atom. The third kappa shape index (κ3) is 7.86. The summed E-state index contributed by atoms with van der Waals surface area (Å²) in [6.07, 6.45) is 2.17. The standard InChI is InChI=1S/C19H29F2N5O.HI/c1-3-23-19(24-10-7-14-5-4-6-16(20)18(14)21)25-15-8-11-26(12-9-15)13-17(27)22-2;/h4-6,15H,3,7-13H2,1-2H3,(H,22,27)(H2,23,24,25);1H. The lowest BCUT2D eigenvalue weighted by atomic mass is 10.1. The summed E-state index contributed by atoms with van der Waals surface area (Å²) in [4.78, 5) is 18.1. The summed E-state index contributed by atoms with van der Waals surface area (Å²) in [5, 5.41) is 9.23. The van der Waals surface area contributed by atoms with Crippen LogP contribution in [0.25, 0.3) is 0 Å². The number of amides is 1. The van der Waals surface area contributed by atoms with Crippen molar-refractivity contribution in [2.45, 2.75) is 32.2 Å². The summed E-state index contributed by atoms with van der Waals surface area (Å²) in [6, 6.07) is 4.48. The topological polar surface area (TPSA) is 68.8 Å². The molecule has 0 aromatic heterocycles. The number of carbonyl (C=O) groups excluding carboxylic acids is 1. The Hall–Kier alpha value is -1.49. The van der Waals surface area contributed by atoms with Crippen LogP contribution in [0, 0.1) is 11.6 Å². The molecule has 1 aliphatic heterocycles. The molecular weight excluding hydrogens is 479 g/mol. The molecule has 1 aromatic carbocycles. The molecule has 1 amide bonds. The minimum atomic E-state index is -0.829. The first-order valence-electron chi connectivity index (χ1n) is 9.44. The van der Waals surface area contributed by atoms with Gasteiger partial charge in [0.2, 0.25) is 5.91 Å². The highest BCUT2D eigenvalue weighted by atomic mass is 127. The van der Waals surface area contributed by atoms with Gasteiger partial charge in [-0.2, -0.15) is 0 Å². The van der Waals surface area contributed by atoms with Crippen LogP contribution in [0.5, 0.6) is 0 Å². The number of hydrogen-bond acceptors (Lipinski definition) is 3. The van der Waals surface area contributed by atoms with Gasteiger partial charge in [-0.05, 0) is 37.8 Å². The summed E-state index contributed by atoms with van der Waals surface area (Å²) >= 11 is 0. The maximum Gasteiger partial charge on any atom is 0.233 e. The van der Waals surface area contributed by atoms with Gasteiger partial charge in [-0.1, -0.05) is 12.1 Å². The van der Waals surface area contributed by atoms with Gasteiger partial charge in [0, 0.05) is 39.3 Å². The molecule has 2 rings (SSSR count). The maximum atomic E-state index is 13.7. The van der Waals surface area contributed by atoms with Crippen LogP contribution >= 0.6 is 24.0 Å². The van der Waals surface area contributed by atoms with Crippen LogP contribution in [0.2, 0.25) is 0 Å². The highest BCUT2D eigenvalue weighted by molar-refractivity contribution is 14.0. The van der Waals surface area contributed by atoms with Gasteiger partial charge in [0.25, 0.3) is 0 Å². The molecule has 0 spiro atoms. The minimum Gasteiger partial charge on any atom is -0.358 e. The molecule has 1 aliphatic rings. The van der Waals surface area contributed by atoms with Crippen LogP contribution in [0.3, 0.4) is 0 Å². The number of likely N-dealkylation sites (N-methyl/N-ethyl adjacent to an activating group) is 1. The van der Waals surface area contributed by atoms with Crippen molar-refractivity contribution in [1.82, 2.24) is 20.9 Å². The fraction of sp³-hybridized carbons (Fsp3) is 0.579. The van der Waals surface area contributed by atoms with E-state index in [-0.39, 0.29) is 35.9 Å². The summed E-state index contributed by atoms with van der Waals surface area (Å²) in [7, 11) is 1.64. The molecule has 0 saturated carbocycles. The van der Waals surface area contributed by atoms with Gasteiger partial charge in [0.1, 0.15) is 0 Å². The zero-order valence-electron chi connectivity index (χ0n) is 16.4. The van der Waals surface area contributed by atoms with Crippen LogP contribution < -0.4 is 16.0 Å². The molecule has 0 atom stereocenters. The third-order valence-electron chi connectivity index (χ3n) is 4.60. The molecule has 0 aliphatic carbocycles. The number of nitrogens with one attached hydrogen (secondary N) is 3. The largest absolute Gasteiger partial charge is 0.358 e. The Labute approximate surface area is 182 Å². The first-order chi connectivity index (χ1) is 13.0. The van der Waals surface area contributed by atoms with Crippen LogP contribution in [-0.2, 0) is 11.2 Å². The normalized spacial score (nSPS) is 15.6. The number of guanidine groups is 1. The molecule has 1 saturated heterocycles. The molecule has 1 heterocycles. The summed E-state index contributed by atoms with van der Waals surface area (Å²) in [5.74, 6) is -0.917. The van der Waals surface area contributed by atoms with E-state index in [0.29, 0.717) is 31.0 Å². The van der Waals surface area contributed by atoms with Gasteiger partial charge in [-0.25, -0.2) is 8.78 Å². The lowest BCUT2D eigenvalue weighted by molar-refractivity contribution is -0.122. The van der Waals surface area contributed by atoms with E-state index in [0.717, 1.165) is 38.5 Å². The number of aliphatic imine (C=N–C) groups is 1. The second kappa shape index (κ2) is 12.9. The molecule has 1 aromatic rings. The van der Waals surface area contributed by atoms with Crippen LogP contribution in [0.15, 0.2) is 23.2 Å². The Morgan fingerprint density at radius 1 is 1.29 bits per heavy atom. The van der Waals surface area contributed by atoms with Crippen LogP contribution in [0.1, 0.15) is 25.3 Å². The number of likely N-dealkylation sites (tertiary alicyclic amines) is 1.